The third-order valence-corrected chi connectivity index (χ3v) is 7.27. The summed E-state index contributed by atoms with van der Waals surface area (Å²) >= 11 is 0. The molecule has 1 spiro atoms. The fourth-order valence-corrected chi connectivity index (χ4v) is 5.88. The average Bonchev–Trinajstić information content (AvgIpc) is 3.05. The summed E-state index contributed by atoms with van der Waals surface area (Å²) in [5.74, 6) is -0.127. The molecule has 0 unspecified atom stereocenters. The first-order valence-electron chi connectivity index (χ1n) is 11.4. The van der Waals surface area contributed by atoms with Crippen LogP contribution in [-0.4, -0.2) is 48.6 Å². The third kappa shape index (κ3) is 3.81. The fraction of sp³-hybridized carbons (Fsp3) is 0.667. The van der Waals surface area contributed by atoms with Gasteiger partial charge in [-0.1, -0.05) is 56.7 Å². The fourth-order valence-electron chi connectivity index (χ4n) is 5.88. The quantitative estimate of drug-likeness (QED) is 0.762. The monoisotopic (exact) mass is 398 g/mol. The van der Waals surface area contributed by atoms with Crippen LogP contribution in [0.15, 0.2) is 24.3 Å². The molecule has 1 atom stereocenters. The molecule has 0 aromatic heterocycles. The van der Waals surface area contributed by atoms with Gasteiger partial charge in [-0.15, -0.1) is 0 Å². The number of rotatable bonds is 5. The van der Waals surface area contributed by atoms with Gasteiger partial charge >= 0.3 is 0 Å². The molecule has 29 heavy (non-hydrogen) atoms. The van der Waals surface area contributed by atoms with Crippen LogP contribution in [0.2, 0.25) is 0 Å². The second-order valence-electron chi connectivity index (χ2n) is 8.98. The van der Waals surface area contributed by atoms with Gasteiger partial charge < -0.3 is 15.0 Å². The van der Waals surface area contributed by atoms with Crippen molar-refractivity contribution in [3.8, 4) is 0 Å². The van der Waals surface area contributed by atoms with Crippen molar-refractivity contribution in [3.05, 3.63) is 35.4 Å². The lowest BCUT2D eigenvalue weighted by atomic mass is 9.71. The van der Waals surface area contributed by atoms with Gasteiger partial charge in [0.1, 0.15) is 0 Å². The summed E-state index contributed by atoms with van der Waals surface area (Å²) in [6, 6.07) is 8.01. The predicted octanol–water partition coefficient (Wildman–Crippen LogP) is 4.02. The molecule has 1 aromatic rings. The van der Waals surface area contributed by atoms with Crippen LogP contribution >= 0.6 is 0 Å². The standard InChI is InChI=1S/C24H34N2O3/c1-29-17-16-26-23(28)20-13-7-6-12-19(20)21(24(26)14-8-9-15-24)22(27)25-18-10-4-2-3-5-11-18/h6-7,12-13,18,21H,2-5,8-11,14-17H2,1H3,(H,25,27)/t21-/m1/s1. The van der Waals surface area contributed by atoms with Crippen LogP contribution < -0.4 is 5.32 Å². The molecular formula is C24H34N2O3. The lowest BCUT2D eigenvalue weighted by molar-refractivity contribution is -0.127. The normalized spacial score (nSPS) is 24.4. The molecule has 3 aliphatic rings. The Kier molecular flexibility index (Phi) is 6.23. The molecule has 0 radical (unpaired) electrons. The van der Waals surface area contributed by atoms with Crippen molar-refractivity contribution >= 4 is 11.8 Å². The highest BCUT2D eigenvalue weighted by Crippen LogP contribution is 2.50. The van der Waals surface area contributed by atoms with E-state index in [-0.39, 0.29) is 23.8 Å². The highest BCUT2D eigenvalue weighted by Gasteiger charge is 2.55. The molecule has 0 bridgehead atoms. The molecule has 5 nitrogen and oxygen atoms in total. The molecule has 1 heterocycles. The number of hydrogen-bond acceptors (Lipinski definition) is 3. The Bertz CT molecular complexity index is 733. The molecule has 4 rings (SSSR count). The van der Waals surface area contributed by atoms with Gasteiger partial charge in [0.15, 0.2) is 0 Å². The third-order valence-electron chi connectivity index (χ3n) is 7.27. The van der Waals surface area contributed by atoms with E-state index in [1.807, 2.05) is 29.2 Å². The molecule has 2 amide bonds. The number of fused-ring (bicyclic) bond motifs is 1. The van der Waals surface area contributed by atoms with Gasteiger partial charge in [-0.2, -0.15) is 0 Å². The average molecular weight is 399 g/mol. The number of nitrogens with zero attached hydrogens (tertiary/aromatic N) is 1. The van der Waals surface area contributed by atoms with Gasteiger partial charge in [-0.3, -0.25) is 9.59 Å². The molecule has 2 aliphatic carbocycles. The molecule has 1 aliphatic heterocycles. The lowest BCUT2D eigenvalue weighted by Gasteiger charge is -2.50. The van der Waals surface area contributed by atoms with Crippen molar-refractivity contribution in [3.63, 3.8) is 0 Å². The van der Waals surface area contributed by atoms with E-state index in [9.17, 15) is 9.59 Å². The predicted molar refractivity (Wildman–Crippen MR) is 113 cm³/mol. The largest absolute Gasteiger partial charge is 0.383 e. The zero-order valence-electron chi connectivity index (χ0n) is 17.6. The second-order valence-corrected chi connectivity index (χ2v) is 8.98. The Morgan fingerprint density at radius 3 is 2.48 bits per heavy atom. The Morgan fingerprint density at radius 2 is 1.79 bits per heavy atom. The van der Waals surface area contributed by atoms with E-state index in [2.05, 4.69) is 5.32 Å². The Balaban J connectivity index is 1.70. The first-order valence-corrected chi connectivity index (χ1v) is 11.4. The summed E-state index contributed by atoms with van der Waals surface area (Å²) in [4.78, 5) is 29.1. The lowest BCUT2D eigenvalue weighted by Crippen LogP contribution is -2.61. The maximum absolute atomic E-state index is 13.7. The van der Waals surface area contributed by atoms with E-state index < -0.39 is 5.54 Å². The van der Waals surface area contributed by atoms with E-state index in [1.54, 1.807) is 7.11 Å². The minimum absolute atomic E-state index is 0.0538. The number of ether oxygens (including phenoxy) is 1. The van der Waals surface area contributed by atoms with E-state index in [0.29, 0.717) is 18.7 Å². The summed E-state index contributed by atoms with van der Waals surface area (Å²) in [5.41, 5.74) is 1.18. The number of nitrogens with one attached hydrogen (secondary N) is 1. The van der Waals surface area contributed by atoms with Crippen LogP contribution in [-0.2, 0) is 9.53 Å². The summed E-state index contributed by atoms with van der Waals surface area (Å²) in [6.45, 7) is 1.03. The van der Waals surface area contributed by atoms with Gasteiger partial charge in [-0.25, -0.2) is 0 Å². The van der Waals surface area contributed by atoms with Crippen molar-refractivity contribution in [2.75, 3.05) is 20.3 Å². The minimum atomic E-state index is -0.418. The van der Waals surface area contributed by atoms with E-state index in [1.165, 1.54) is 25.7 Å². The maximum Gasteiger partial charge on any atom is 0.254 e. The first-order chi connectivity index (χ1) is 14.2. The SMILES string of the molecule is COCCN1C(=O)c2ccccc2[C@H](C(=O)NC2CCCCCC2)C12CCCC2. The van der Waals surface area contributed by atoms with Crippen LogP contribution in [0.3, 0.4) is 0 Å². The Hall–Kier alpha value is -1.88. The molecule has 1 aromatic carbocycles. The van der Waals surface area contributed by atoms with Gasteiger partial charge in [0, 0.05) is 25.3 Å². The highest BCUT2D eigenvalue weighted by atomic mass is 16.5. The molecule has 5 heteroatoms. The Morgan fingerprint density at radius 1 is 1.10 bits per heavy atom. The van der Waals surface area contributed by atoms with Crippen LogP contribution in [0.4, 0.5) is 0 Å². The first kappa shape index (κ1) is 20.4. The zero-order chi connectivity index (χ0) is 20.3. The molecule has 0 saturated heterocycles. The smallest absolute Gasteiger partial charge is 0.254 e. The van der Waals surface area contributed by atoms with Gasteiger partial charge in [0.2, 0.25) is 5.91 Å². The van der Waals surface area contributed by atoms with Crippen LogP contribution in [0, 0.1) is 0 Å². The zero-order valence-corrected chi connectivity index (χ0v) is 17.6. The number of benzene rings is 1. The molecule has 2 fully saturated rings. The second kappa shape index (κ2) is 8.86. The Labute approximate surface area is 174 Å². The molecule has 1 N–H and O–H groups in total. The van der Waals surface area contributed by atoms with E-state index in [4.69, 9.17) is 4.74 Å². The highest BCUT2D eigenvalue weighted by molar-refractivity contribution is 6.02. The van der Waals surface area contributed by atoms with Crippen LogP contribution in [0.1, 0.15) is 86.0 Å². The van der Waals surface area contributed by atoms with Gasteiger partial charge in [-0.05, 0) is 37.3 Å². The molecular weight excluding hydrogens is 364 g/mol. The maximum atomic E-state index is 13.7. The topological polar surface area (TPSA) is 58.6 Å². The number of hydrogen-bond donors (Lipinski definition) is 1. The van der Waals surface area contributed by atoms with Crippen molar-refractivity contribution in [1.82, 2.24) is 10.2 Å². The van der Waals surface area contributed by atoms with Crippen molar-refractivity contribution in [2.24, 2.45) is 0 Å². The molecule has 2 saturated carbocycles. The number of methoxy groups -OCH3 is 1. The number of carbonyl (C=O) groups excluding carboxylic acids is 2. The van der Waals surface area contributed by atoms with E-state index in [0.717, 1.165) is 44.1 Å². The minimum Gasteiger partial charge on any atom is -0.383 e. The summed E-state index contributed by atoms with van der Waals surface area (Å²) < 4.78 is 5.32. The number of carbonyl (C=O) groups is 2. The number of amides is 2. The van der Waals surface area contributed by atoms with Crippen molar-refractivity contribution < 1.29 is 14.3 Å². The summed E-state index contributed by atoms with van der Waals surface area (Å²) in [5, 5.41) is 3.40. The van der Waals surface area contributed by atoms with Crippen LogP contribution in [0.25, 0.3) is 0 Å². The van der Waals surface area contributed by atoms with Gasteiger partial charge in [0.25, 0.3) is 5.91 Å². The van der Waals surface area contributed by atoms with Crippen LogP contribution in [0.5, 0.6) is 0 Å². The van der Waals surface area contributed by atoms with Crippen molar-refractivity contribution in [2.45, 2.75) is 81.7 Å². The summed E-state index contributed by atoms with van der Waals surface area (Å²) in [6.07, 6.45) is 10.9. The summed E-state index contributed by atoms with van der Waals surface area (Å²) in [7, 11) is 1.67. The van der Waals surface area contributed by atoms with E-state index >= 15 is 0 Å². The van der Waals surface area contributed by atoms with Crippen molar-refractivity contribution in [1.29, 1.82) is 0 Å². The van der Waals surface area contributed by atoms with Gasteiger partial charge in [0.05, 0.1) is 18.1 Å². The molecule has 158 valence electrons.